The number of nitrogens with zero attached hydrogens (tertiary/aromatic N) is 1. The predicted molar refractivity (Wildman–Crippen MR) is 90.8 cm³/mol. The van der Waals surface area contributed by atoms with Crippen LogP contribution in [-0.2, 0) is 4.79 Å². The van der Waals surface area contributed by atoms with Crippen LogP contribution in [0.1, 0.15) is 42.1 Å². The van der Waals surface area contributed by atoms with Gasteiger partial charge in [-0.1, -0.05) is 6.92 Å². The van der Waals surface area contributed by atoms with Gasteiger partial charge in [-0.3, -0.25) is 10.1 Å². The van der Waals surface area contributed by atoms with Gasteiger partial charge in [-0.25, -0.2) is 0 Å². The summed E-state index contributed by atoms with van der Waals surface area (Å²) in [6.45, 7) is 5.14. The summed E-state index contributed by atoms with van der Waals surface area (Å²) in [7, 11) is 0. The molecule has 3 rings (SSSR count). The molecule has 0 aliphatic carbocycles. The lowest BCUT2D eigenvalue weighted by atomic mass is 10.0. The molecular weight excluding hydrogens is 300 g/mol. The minimum absolute atomic E-state index is 0.00429. The topological polar surface area (TPSA) is 32.3 Å². The first-order valence-corrected chi connectivity index (χ1v) is 9.86. The van der Waals surface area contributed by atoms with Crippen LogP contribution in [0.3, 0.4) is 0 Å². The van der Waals surface area contributed by atoms with Crippen molar-refractivity contribution >= 4 is 29.0 Å². The number of thioether (sulfide) groups is 1. The Kier molecular flexibility index (Phi) is 4.92. The third-order valence-corrected chi connectivity index (χ3v) is 6.59. The lowest BCUT2D eigenvalue weighted by Gasteiger charge is -2.30. The molecule has 1 N–H and O–H groups in total. The van der Waals surface area contributed by atoms with E-state index in [4.69, 9.17) is 0 Å². The number of rotatable bonds is 4. The summed E-state index contributed by atoms with van der Waals surface area (Å²) < 4.78 is 0. The van der Waals surface area contributed by atoms with Crippen molar-refractivity contribution in [3.05, 3.63) is 21.9 Å². The first kappa shape index (κ1) is 15.4. The number of aryl methyl sites for hydroxylation is 1. The molecule has 2 unspecified atom stereocenters. The Hall–Kier alpha value is -0.520. The fourth-order valence-electron chi connectivity index (χ4n) is 3.21. The molecule has 2 saturated heterocycles. The molecule has 1 aromatic heterocycles. The number of amides is 1. The zero-order valence-electron chi connectivity index (χ0n) is 12.8. The molecule has 2 fully saturated rings. The number of thiophene rings is 1. The minimum atomic E-state index is -0.00429. The van der Waals surface area contributed by atoms with E-state index in [0.29, 0.717) is 11.8 Å². The van der Waals surface area contributed by atoms with Crippen LogP contribution in [0.4, 0.5) is 0 Å². The molecule has 2 atom stereocenters. The predicted octanol–water partition coefficient (Wildman–Crippen LogP) is 3.41. The summed E-state index contributed by atoms with van der Waals surface area (Å²) in [6.07, 6.45) is 3.47. The van der Waals surface area contributed by atoms with E-state index >= 15 is 0 Å². The van der Waals surface area contributed by atoms with Gasteiger partial charge < -0.3 is 4.90 Å². The van der Waals surface area contributed by atoms with Crippen molar-refractivity contribution in [2.24, 2.45) is 5.92 Å². The van der Waals surface area contributed by atoms with E-state index in [1.165, 1.54) is 34.1 Å². The number of carbonyl (C=O) groups excluding carboxylic acids is 1. The number of hydrogen-bond acceptors (Lipinski definition) is 4. The summed E-state index contributed by atoms with van der Waals surface area (Å²) in [5.41, 5.74) is 0. The van der Waals surface area contributed by atoms with Crippen molar-refractivity contribution in [2.75, 3.05) is 18.1 Å². The molecule has 21 heavy (non-hydrogen) atoms. The highest BCUT2D eigenvalue weighted by Crippen LogP contribution is 2.33. The van der Waals surface area contributed by atoms with Crippen molar-refractivity contribution in [1.82, 2.24) is 10.2 Å². The normalized spacial score (nSPS) is 27.5. The van der Waals surface area contributed by atoms with Crippen molar-refractivity contribution in [3.63, 3.8) is 0 Å². The third-order valence-electron chi connectivity index (χ3n) is 4.49. The van der Waals surface area contributed by atoms with Gasteiger partial charge in [0.15, 0.2) is 0 Å². The molecule has 2 aliphatic rings. The second-order valence-corrected chi connectivity index (χ2v) is 8.57. The van der Waals surface area contributed by atoms with Gasteiger partial charge in [0.25, 0.3) is 0 Å². The highest BCUT2D eigenvalue weighted by molar-refractivity contribution is 7.99. The Bertz CT molecular complexity index is 496. The minimum Gasteiger partial charge on any atom is -0.320 e. The molecule has 5 heteroatoms. The van der Waals surface area contributed by atoms with Crippen LogP contribution in [0, 0.1) is 12.8 Å². The van der Waals surface area contributed by atoms with Gasteiger partial charge in [-0.15, -0.1) is 11.3 Å². The Morgan fingerprint density at radius 2 is 2.10 bits per heavy atom. The molecule has 0 saturated carbocycles. The van der Waals surface area contributed by atoms with Gasteiger partial charge in [0, 0.05) is 16.3 Å². The van der Waals surface area contributed by atoms with Crippen molar-refractivity contribution in [1.29, 1.82) is 0 Å². The van der Waals surface area contributed by atoms with Crippen molar-refractivity contribution < 1.29 is 4.79 Å². The van der Waals surface area contributed by atoms with Gasteiger partial charge in [0.1, 0.15) is 6.17 Å². The van der Waals surface area contributed by atoms with Crippen LogP contribution >= 0.6 is 23.1 Å². The standard InChI is InChI=1S/C16H24N2OS2/c1-3-13-16(19)18(10-12-6-8-20-9-7-12)15(17-13)14-5-4-11(2)21-14/h4-5,12-13,15,17H,3,6-10H2,1-2H3. The van der Waals surface area contributed by atoms with E-state index < -0.39 is 0 Å². The maximum atomic E-state index is 12.7. The quantitative estimate of drug-likeness (QED) is 0.921. The van der Waals surface area contributed by atoms with Crippen LogP contribution in [0.15, 0.2) is 12.1 Å². The molecule has 2 aliphatic heterocycles. The van der Waals surface area contributed by atoms with Crippen LogP contribution < -0.4 is 5.32 Å². The van der Waals surface area contributed by atoms with Crippen LogP contribution in [0.5, 0.6) is 0 Å². The molecule has 1 amide bonds. The summed E-state index contributed by atoms with van der Waals surface area (Å²) in [5, 5.41) is 3.54. The Balaban J connectivity index is 1.77. The Morgan fingerprint density at radius 3 is 2.71 bits per heavy atom. The van der Waals surface area contributed by atoms with Crippen LogP contribution in [0.25, 0.3) is 0 Å². The number of hydrogen-bond donors (Lipinski definition) is 1. The molecule has 116 valence electrons. The van der Waals surface area contributed by atoms with E-state index in [2.05, 4.69) is 36.2 Å². The maximum Gasteiger partial charge on any atom is 0.241 e. The van der Waals surface area contributed by atoms with Gasteiger partial charge in [-0.2, -0.15) is 11.8 Å². The van der Waals surface area contributed by atoms with Crippen LogP contribution in [-0.4, -0.2) is 34.9 Å². The average molecular weight is 325 g/mol. The maximum absolute atomic E-state index is 12.7. The SMILES string of the molecule is CCC1NC(c2ccc(C)s2)N(CC2CCSCC2)C1=O. The fraction of sp³-hybridized carbons (Fsp3) is 0.688. The van der Waals surface area contributed by atoms with Crippen molar-refractivity contribution in [2.45, 2.75) is 45.3 Å². The summed E-state index contributed by atoms with van der Waals surface area (Å²) in [6, 6.07) is 4.32. The molecule has 0 aromatic carbocycles. The second-order valence-electron chi connectivity index (χ2n) is 6.02. The summed E-state index contributed by atoms with van der Waals surface area (Å²) in [4.78, 5) is 17.4. The third kappa shape index (κ3) is 3.30. The Labute approximate surface area is 135 Å². The Morgan fingerprint density at radius 1 is 1.33 bits per heavy atom. The first-order valence-electron chi connectivity index (χ1n) is 7.89. The van der Waals surface area contributed by atoms with Gasteiger partial charge in [-0.05, 0) is 55.7 Å². The second kappa shape index (κ2) is 6.71. The number of nitrogens with one attached hydrogen (secondary N) is 1. The highest BCUT2D eigenvalue weighted by atomic mass is 32.2. The lowest BCUT2D eigenvalue weighted by Crippen LogP contribution is -2.36. The average Bonchev–Trinajstić information content (AvgIpc) is 3.05. The smallest absolute Gasteiger partial charge is 0.241 e. The molecule has 0 bridgehead atoms. The van der Waals surface area contributed by atoms with Gasteiger partial charge in [0.05, 0.1) is 6.04 Å². The fourth-order valence-corrected chi connectivity index (χ4v) is 5.37. The van der Waals surface area contributed by atoms with E-state index in [0.717, 1.165) is 13.0 Å². The molecule has 0 radical (unpaired) electrons. The van der Waals surface area contributed by atoms with E-state index in [-0.39, 0.29) is 12.2 Å². The van der Waals surface area contributed by atoms with Crippen LogP contribution in [0.2, 0.25) is 0 Å². The lowest BCUT2D eigenvalue weighted by molar-refractivity contribution is -0.130. The molecular formula is C16H24N2OS2. The largest absolute Gasteiger partial charge is 0.320 e. The van der Waals surface area contributed by atoms with Gasteiger partial charge in [0.2, 0.25) is 5.91 Å². The monoisotopic (exact) mass is 324 g/mol. The summed E-state index contributed by atoms with van der Waals surface area (Å²) in [5.74, 6) is 3.48. The first-order chi connectivity index (χ1) is 10.2. The molecule has 0 spiro atoms. The highest BCUT2D eigenvalue weighted by Gasteiger charge is 2.40. The van der Waals surface area contributed by atoms with E-state index in [1.807, 2.05) is 11.8 Å². The van der Waals surface area contributed by atoms with E-state index in [9.17, 15) is 4.79 Å². The van der Waals surface area contributed by atoms with E-state index in [1.54, 1.807) is 11.3 Å². The molecule has 3 heterocycles. The molecule has 3 nitrogen and oxygen atoms in total. The summed E-state index contributed by atoms with van der Waals surface area (Å²) >= 11 is 3.85. The zero-order chi connectivity index (χ0) is 14.8. The zero-order valence-corrected chi connectivity index (χ0v) is 14.4. The molecule has 1 aromatic rings. The number of carbonyl (C=O) groups is 1. The van der Waals surface area contributed by atoms with Crippen molar-refractivity contribution in [3.8, 4) is 0 Å². The van der Waals surface area contributed by atoms with Gasteiger partial charge >= 0.3 is 0 Å².